The van der Waals surface area contributed by atoms with Crippen LogP contribution in [0.5, 0.6) is 0 Å². The highest BCUT2D eigenvalue weighted by atomic mass is 16.5. The molecular weight excluding hydrogens is 230 g/mol. The van der Waals surface area contributed by atoms with Crippen LogP contribution in [0.1, 0.15) is 34.2 Å². The van der Waals surface area contributed by atoms with Gasteiger partial charge in [0.1, 0.15) is 5.69 Å². The molecule has 18 heavy (non-hydrogen) atoms. The Balaban J connectivity index is 2.82. The Hall–Kier alpha value is -2.10. The first-order valence-corrected chi connectivity index (χ1v) is 5.89. The first-order chi connectivity index (χ1) is 8.74. The number of carbonyl (C=O) groups is 2. The number of hydrogen-bond donors (Lipinski definition) is 0. The number of aldehydes is 1. The average molecular weight is 245 g/mol. The van der Waals surface area contributed by atoms with Crippen LogP contribution in [-0.4, -0.2) is 23.9 Å². The van der Waals surface area contributed by atoms with Crippen molar-refractivity contribution in [1.29, 1.82) is 0 Å². The van der Waals surface area contributed by atoms with Gasteiger partial charge in [0.05, 0.1) is 12.7 Å². The maximum absolute atomic E-state index is 11.9. The molecule has 0 spiro atoms. The highest BCUT2D eigenvalue weighted by Crippen LogP contribution is 2.25. The fourth-order valence-electron chi connectivity index (χ4n) is 2.22. The van der Waals surface area contributed by atoms with E-state index in [9.17, 15) is 9.59 Å². The van der Waals surface area contributed by atoms with Crippen molar-refractivity contribution in [2.24, 2.45) is 0 Å². The van der Waals surface area contributed by atoms with Gasteiger partial charge in [0.25, 0.3) is 0 Å². The number of rotatable bonds is 4. The van der Waals surface area contributed by atoms with Gasteiger partial charge in [0.15, 0.2) is 6.29 Å². The van der Waals surface area contributed by atoms with Gasteiger partial charge in [-0.1, -0.05) is 25.1 Å². The Morgan fingerprint density at radius 1 is 1.39 bits per heavy atom. The Labute approximate surface area is 105 Å². The lowest BCUT2D eigenvalue weighted by molar-refractivity contribution is 0.0586. The number of nitrogens with zero attached hydrogens (tertiary/aromatic N) is 1. The number of methoxy groups -OCH3 is 1. The molecule has 4 nitrogen and oxygen atoms in total. The first-order valence-electron chi connectivity index (χ1n) is 5.89. The molecule has 0 aliphatic heterocycles. The molecule has 4 heteroatoms. The van der Waals surface area contributed by atoms with Crippen LogP contribution >= 0.6 is 0 Å². The van der Waals surface area contributed by atoms with Gasteiger partial charge in [0.2, 0.25) is 0 Å². The van der Waals surface area contributed by atoms with Gasteiger partial charge < -0.3 is 9.30 Å². The number of esters is 1. The van der Waals surface area contributed by atoms with Crippen LogP contribution < -0.4 is 0 Å². The predicted octanol–water partition coefficient (Wildman–Crippen LogP) is 2.65. The number of para-hydroxylation sites is 1. The highest BCUT2D eigenvalue weighted by Gasteiger charge is 2.22. The fraction of sp³-hybridized carbons (Fsp3) is 0.286. The van der Waals surface area contributed by atoms with Crippen LogP contribution in [0.15, 0.2) is 24.3 Å². The first kappa shape index (κ1) is 12.4. The van der Waals surface area contributed by atoms with Crippen LogP contribution in [0.2, 0.25) is 0 Å². The van der Waals surface area contributed by atoms with E-state index in [2.05, 4.69) is 0 Å². The van der Waals surface area contributed by atoms with Crippen molar-refractivity contribution < 1.29 is 14.3 Å². The zero-order chi connectivity index (χ0) is 13.1. The molecule has 1 aromatic carbocycles. The van der Waals surface area contributed by atoms with E-state index >= 15 is 0 Å². The number of fused-ring (bicyclic) bond motifs is 1. The van der Waals surface area contributed by atoms with E-state index in [0.717, 1.165) is 23.6 Å². The van der Waals surface area contributed by atoms with Gasteiger partial charge in [-0.25, -0.2) is 4.79 Å². The topological polar surface area (TPSA) is 48.3 Å². The summed E-state index contributed by atoms with van der Waals surface area (Å²) in [5, 5.41) is 0.793. The van der Waals surface area contributed by atoms with Crippen molar-refractivity contribution in [3.63, 3.8) is 0 Å². The summed E-state index contributed by atoms with van der Waals surface area (Å²) >= 11 is 0. The SMILES string of the molecule is CCCn1c(C(=O)OC)c(C=O)c2ccccc21. The minimum absolute atomic E-state index is 0.343. The molecule has 0 atom stereocenters. The van der Waals surface area contributed by atoms with Crippen molar-refractivity contribution in [1.82, 2.24) is 4.57 Å². The van der Waals surface area contributed by atoms with Crippen LogP contribution in [-0.2, 0) is 11.3 Å². The number of benzene rings is 1. The molecule has 0 aliphatic carbocycles. The molecule has 2 rings (SSSR count). The number of hydrogen-bond acceptors (Lipinski definition) is 3. The zero-order valence-electron chi connectivity index (χ0n) is 10.5. The lowest BCUT2D eigenvalue weighted by Crippen LogP contribution is -2.12. The Morgan fingerprint density at radius 3 is 2.72 bits per heavy atom. The van der Waals surface area contributed by atoms with Gasteiger partial charge in [-0.15, -0.1) is 0 Å². The monoisotopic (exact) mass is 245 g/mol. The van der Waals surface area contributed by atoms with Gasteiger partial charge in [-0.05, 0) is 12.5 Å². The average Bonchev–Trinajstić information content (AvgIpc) is 2.72. The number of aryl methyl sites for hydroxylation is 1. The Kier molecular flexibility index (Phi) is 3.46. The third kappa shape index (κ3) is 1.79. The summed E-state index contributed by atoms with van der Waals surface area (Å²) in [5.74, 6) is -0.471. The second kappa shape index (κ2) is 5.04. The summed E-state index contributed by atoms with van der Waals surface area (Å²) in [7, 11) is 1.32. The molecule has 0 aliphatic rings. The molecular formula is C14H15NO3. The third-order valence-corrected chi connectivity index (χ3v) is 2.95. The summed E-state index contributed by atoms with van der Waals surface area (Å²) in [6, 6.07) is 7.50. The van der Waals surface area contributed by atoms with Crippen LogP contribution in [0.25, 0.3) is 10.9 Å². The minimum atomic E-state index is -0.471. The van der Waals surface area contributed by atoms with E-state index < -0.39 is 5.97 Å². The number of ether oxygens (including phenoxy) is 1. The van der Waals surface area contributed by atoms with Crippen LogP contribution in [0, 0.1) is 0 Å². The molecule has 0 N–H and O–H groups in total. The molecule has 0 bridgehead atoms. The fourth-order valence-corrected chi connectivity index (χ4v) is 2.22. The second-order valence-corrected chi connectivity index (χ2v) is 4.04. The molecule has 1 aromatic heterocycles. The second-order valence-electron chi connectivity index (χ2n) is 4.04. The van der Waals surface area contributed by atoms with Crippen molar-refractivity contribution in [2.75, 3.05) is 7.11 Å². The van der Waals surface area contributed by atoms with Crippen molar-refractivity contribution in [3.8, 4) is 0 Å². The molecule has 0 saturated carbocycles. The van der Waals surface area contributed by atoms with Gasteiger partial charge >= 0.3 is 5.97 Å². The minimum Gasteiger partial charge on any atom is -0.464 e. The quantitative estimate of drug-likeness (QED) is 0.614. The molecule has 0 fully saturated rings. The summed E-state index contributed by atoms with van der Waals surface area (Å²) in [6.45, 7) is 2.70. The molecule has 0 radical (unpaired) electrons. The summed E-state index contributed by atoms with van der Waals surface area (Å²) in [6.07, 6.45) is 1.60. The number of aromatic nitrogens is 1. The lowest BCUT2D eigenvalue weighted by atomic mass is 10.1. The van der Waals surface area contributed by atoms with E-state index in [1.165, 1.54) is 7.11 Å². The number of carbonyl (C=O) groups excluding carboxylic acids is 2. The van der Waals surface area contributed by atoms with Gasteiger partial charge in [-0.2, -0.15) is 0 Å². The van der Waals surface area contributed by atoms with E-state index in [0.29, 0.717) is 17.8 Å². The van der Waals surface area contributed by atoms with E-state index in [-0.39, 0.29) is 0 Å². The Morgan fingerprint density at radius 2 is 2.11 bits per heavy atom. The largest absolute Gasteiger partial charge is 0.464 e. The van der Waals surface area contributed by atoms with E-state index in [1.807, 2.05) is 35.8 Å². The van der Waals surface area contributed by atoms with Crippen molar-refractivity contribution in [2.45, 2.75) is 19.9 Å². The van der Waals surface area contributed by atoms with Crippen LogP contribution in [0.3, 0.4) is 0 Å². The molecule has 0 saturated heterocycles. The molecule has 94 valence electrons. The van der Waals surface area contributed by atoms with E-state index in [4.69, 9.17) is 4.74 Å². The van der Waals surface area contributed by atoms with Gasteiger partial charge in [0, 0.05) is 17.4 Å². The smallest absolute Gasteiger partial charge is 0.355 e. The molecule has 2 aromatic rings. The van der Waals surface area contributed by atoms with Crippen molar-refractivity contribution >= 4 is 23.2 Å². The third-order valence-electron chi connectivity index (χ3n) is 2.95. The maximum Gasteiger partial charge on any atom is 0.355 e. The summed E-state index contributed by atoms with van der Waals surface area (Å²) < 4.78 is 6.63. The van der Waals surface area contributed by atoms with Gasteiger partial charge in [-0.3, -0.25) is 4.79 Å². The summed E-state index contributed by atoms with van der Waals surface area (Å²) in [5.41, 5.74) is 1.64. The molecule has 0 amide bonds. The highest BCUT2D eigenvalue weighted by molar-refractivity contribution is 6.08. The normalized spacial score (nSPS) is 10.6. The molecule has 0 unspecified atom stereocenters. The predicted molar refractivity (Wildman–Crippen MR) is 69.0 cm³/mol. The molecule has 1 heterocycles. The van der Waals surface area contributed by atoms with Crippen LogP contribution in [0.4, 0.5) is 0 Å². The Bertz CT molecular complexity index is 598. The summed E-state index contributed by atoms with van der Waals surface area (Å²) in [4.78, 5) is 23.1. The standard InChI is InChI=1S/C14H15NO3/c1-3-8-15-12-7-5-4-6-10(12)11(9-16)13(15)14(17)18-2/h4-7,9H,3,8H2,1-2H3. The maximum atomic E-state index is 11.9. The van der Waals surface area contributed by atoms with E-state index in [1.54, 1.807) is 0 Å². The van der Waals surface area contributed by atoms with Crippen molar-refractivity contribution in [3.05, 3.63) is 35.5 Å². The zero-order valence-corrected chi connectivity index (χ0v) is 10.5. The lowest BCUT2D eigenvalue weighted by Gasteiger charge is -2.07.